The molecule has 6 heteroatoms. The zero-order valence-corrected chi connectivity index (χ0v) is 19.3. The van der Waals surface area contributed by atoms with Crippen molar-refractivity contribution in [2.75, 3.05) is 6.61 Å². The molecule has 0 aliphatic heterocycles. The fourth-order valence-electron chi connectivity index (χ4n) is 8.26. The summed E-state index contributed by atoms with van der Waals surface area (Å²) in [7, 11) is 0. The van der Waals surface area contributed by atoms with Crippen LogP contribution in [0, 0.1) is 34.5 Å². The Kier molecular flexibility index (Phi) is 5.58. The number of fused-ring (bicyclic) bond motifs is 5. The number of Topliss-reactive ketones (excluding diaryl/α,β-unsaturated/α-hetero) is 2. The molecule has 4 fully saturated rings. The van der Waals surface area contributed by atoms with Crippen LogP contribution in [0.15, 0.2) is 0 Å². The first kappa shape index (κ1) is 22.5. The second-order valence-electron chi connectivity index (χ2n) is 11.0. The normalized spacial score (nSPS) is 43.9. The highest BCUT2D eigenvalue weighted by atomic mass is 16.6. The Hall–Kier alpha value is -1.72. The Morgan fingerprint density at radius 3 is 2.32 bits per heavy atom. The van der Waals surface area contributed by atoms with Crippen LogP contribution in [0.25, 0.3) is 0 Å². The zero-order valence-electron chi connectivity index (χ0n) is 19.3. The first-order chi connectivity index (χ1) is 14.5. The number of hydrogen-bond donors (Lipinski definition) is 0. The van der Waals surface area contributed by atoms with E-state index in [1.165, 1.54) is 13.8 Å². The van der Waals surface area contributed by atoms with E-state index in [4.69, 9.17) is 9.47 Å². The third-order valence-corrected chi connectivity index (χ3v) is 9.78. The lowest BCUT2D eigenvalue weighted by Gasteiger charge is -2.61. The first-order valence-corrected chi connectivity index (χ1v) is 11.9. The third kappa shape index (κ3) is 3.36. The van der Waals surface area contributed by atoms with Crippen LogP contribution in [0.1, 0.15) is 85.5 Å². The molecule has 0 N–H and O–H groups in total. The van der Waals surface area contributed by atoms with Gasteiger partial charge in [0.25, 0.3) is 0 Å². The van der Waals surface area contributed by atoms with Crippen LogP contribution in [0.2, 0.25) is 0 Å². The molecule has 4 rings (SSSR count). The summed E-state index contributed by atoms with van der Waals surface area (Å²) in [6, 6.07) is 0. The van der Waals surface area contributed by atoms with Gasteiger partial charge in [-0.25, -0.2) is 0 Å². The molecule has 172 valence electrons. The Balaban J connectivity index is 1.64. The molecule has 7 atom stereocenters. The summed E-state index contributed by atoms with van der Waals surface area (Å²) in [6.07, 6.45) is 7.67. The van der Waals surface area contributed by atoms with Crippen molar-refractivity contribution in [2.45, 2.75) is 91.1 Å². The number of carbonyl (C=O) groups is 4. The van der Waals surface area contributed by atoms with E-state index in [2.05, 4.69) is 13.8 Å². The molecule has 0 aromatic rings. The van der Waals surface area contributed by atoms with Crippen molar-refractivity contribution in [2.24, 2.45) is 34.5 Å². The van der Waals surface area contributed by atoms with Crippen molar-refractivity contribution >= 4 is 23.5 Å². The van der Waals surface area contributed by atoms with Crippen LogP contribution in [0.3, 0.4) is 0 Å². The minimum atomic E-state index is -1.22. The van der Waals surface area contributed by atoms with Crippen molar-refractivity contribution in [3.05, 3.63) is 0 Å². The fraction of sp³-hybridized carbons (Fsp3) is 0.840. The van der Waals surface area contributed by atoms with Crippen LogP contribution < -0.4 is 0 Å². The summed E-state index contributed by atoms with van der Waals surface area (Å²) in [5.74, 6) is 0.958. The standard InChI is InChI=1S/C25H36O6/c1-15(26)30-14-22(29)25(31-16(2)27)12-9-21-19-6-5-17-13-18(28)7-10-23(17,3)20(19)8-11-24(21,25)4/h17,19-21H,5-14H2,1-4H3/t17-,19-,20+,21-,23-,24-,25-/m0/s1. The van der Waals surface area contributed by atoms with E-state index in [-0.39, 0.29) is 17.8 Å². The monoisotopic (exact) mass is 432 g/mol. The van der Waals surface area contributed by atoms with Gasteiger partial charge in [-0.2, -0.15) is 0 Å². The molecule has 0 radical (unpaired) electrons. The maximum atomic E-state index is 13.4. The molecule has 0 saturated heterocycles. The second-order valence-corrected chi connectivity index (χ2v) is 11.0. The Morgan fingerprint density at radius 2 is 1.65 bits per heavy atom. The van der Waals surface area contributed by atoms with Gasteiger partial charge in [0, 0.05) is 32.1 Å². The SMILES string of the molecule is CC(=O)OCC(=O)[C@@]1(OC(C)=O)CC[C@H]2[C@H]3CC[C@H]4CC(=O)CC[C@]4(C)[C@@H]3CC[C@@]21C. The molecule has 0 amide bonds. The van der Waals surface area contributed by atoms with E-state index in [1.54, 1.807) is 0 Å². The van der Waals surface area contributed by atoms with E-state index < -0.39 is 23.0 Å². The smallest absolute Gasteiger partial charge is 0.303 e. The van der Waals surface area contributed by atoms with Gasteiger partial charge in [0.15, 0.2) is 12.2 Å². The molecule has 0 bridgehead atoms. The van der Waals surface area contributed by atoms with Crippen molar-refractivity contribution in [1.82, 2.24) is 0 Å². The van der Waals surface area contributed by atoms with Gasteiger partial charge in [0.2, 0.25) is 5.78 Å². The quantitative estimate of drug-likeness (QED) is 0.623. The van der Waals surface area contributed by atoms with Gasteiger partial charge < -0.3 is 9.47 Å². The number of ketones is 2. The van der Waals surface area contributed by atoms with Crippen LogP contribution in [-0.4, -0.2) is 35.7 Å². The molecule has 0 unspecified atom stereocenters. The van der Waals surface area contributed by atoms with Crippen LogP contribution in [0.5, 0.6) is 0 Å². The number of carbonyl (C=O) groups excluding carboxylic acids is 4. The molecule has 31 heavy (non-hydrogen) atoms. The van der Waals surface area contributed by atoms with Gasteiger partial charge in [0.1, 0.15) is 5.78 Å². The summed E-state index contributed by atoms with van der Waals surface area (Å²) < 4.78 is 10.9. The fourth-order valence-corrected chi connectivity index (χ4v) is 8.26. The molecule has 4 aliphatic carbocycles. The van der Waals surface area contributed by atoms with Crippen LogP contribution >= 0.6 is 0 Å². The zero-order chi connectivity index (χ0) is 22.6. The molecule has 0 aromatic carbocycles. The summed E-state index contributed by atoms with van der Waals surface area (Å²) >= 11 is 0. The summed E-state index contributed by atoms with van der Waals surface area (Å²) in [6.45, 7) is 6.80. The van der Waals surface area contributed by atoms with E-state index in [0.29, 0.717) is 42.3 Å². The Morgan fingerprint density at radius 1 is 0.935 bits per heavy atom. The van der Waals surface area contributed by atoms with E-state index in [0.717, 1.165) is 44.9 Å². The number of rotatable bonds is 4. The largest absolute Gasteiger partial charge is 0.458 e. The number of hydrogen-bond acceptors (Lipinski definition) is 6. The number of ether oxygens (including phenoxy) is 2. The van der Waals surface area contributed by atoms with Crippen LogP contribution in [0.4, 0.5) is 0 Å². The third-order valence-electron chi connectivity index (χ3n) is 9.78. The lowest BCUT2D eigenvalue weighted by atomic mass is 9.44. The maximum absolute atomic E-state index is 13.4. The van der Waals surface area contributed by atoms with E-state index >= 15 is 0 Å². The van der Waals surface area contributed by atoms with Gasteiger partial charge in [0.05, 0.1) is 0 Å². The first-order valence-electron chi connectivity index (χ1n) is 11.9. The second kappa shape index (κ2) is 7.70. The lowest BCUT2D eigenvalue weighted by Crippen LogP contribution is -2.60. The molecule has 4 aliphatic rings. The van der Waals surface area contributed by atoms with Gasteiger partial charge in [-0.1, -0.05) is 13.8 Å². The van der Waals surface area contributed by atoms with E-state index in [1.807, 2.05) is 0 Å². The van der Waals surface area contributed by atoms with Gasteiger partial charge in [-0.3, -0.25) is 19.2 Å². The highest BCUT2D eigenvalue weighted by Crippen LogP contribution is 2.68. The molecule has 0 heterocycles. The lowest BCUT2D eigenvalue weighted by molar-refractivity contribution is -0.194. The van der Waals surface area contributed by atoms with Crippen molar-refractivity contribution < 1.29 is 28.7 Å². The van der Waals surface area contributed by atoms with Crippen molar-refractivity contribution in [1.29, 1.82) is 0 Å². The predicted octanol–water partition coefficient (Wildman–Crippen LogP) is 4.03. The Labute approximate surface area is 184 Å². The maximum Gasteiger partial charge on any atom is 0.303 e. The summed E-state index contributed by atoms with van der Waals surface area (Å²) in [4.78, 5) is 48.9. The molecular weight excluding hydrogens is 396 g/mol. The van der Waals surface area contributed by atoms with E-state index in [9.17, 15) is 19.2 Å². The van der Waals surface area contributed by atoms with Gasteiger partial charge in [-0.15, -0.1) is 0 Å². The minimum Gasteiger partial charge on any atom is -0.458 e. The minimum absolute atomic E-state index is 0.187. The molecule has 0 spiro atoms. The molecular formula is C25H36O6. The molecule has 0 aromatic heterocycles. The average Bonchev–Trinajstić information content (AvgIpc) is 2.99. The molecule has 6 nitrogen and oxygen atoms in total. The van der Waals surface area contributed by atoms with Crippen LogP contribution in [-0.2, 0) is 28.7 Å². The molecule has 4 saturated carbocycles. The highest BCUT2D eigenvalue weighted by Gasteiger charge is 2.69. The van der Waals surface area contributed by atoms with Crippen molar-refractivity contribution in [3.8, 4) is 0 Å². The van der Waals surface area contributed by atoms with Gasteiger partial charge in [-0.05, 0) is 74.0 Å². The van der Waals surface area contributed by atoms with Gasteiger partial charge >= 0.3 is 11.9 Å². The summed E-state index contributed by atoms with van der Waals surface area (Å²) in [5, 5.41) is 0. The average molecular weight is 433 g/mol. The number of esters is 2. The topological polar surface area (TPSA) is 86.7 Å². The summed E-state index contributed by atoms with van der Waals surface area (Å²) in [5.41, 5.74) is -1.48. The Bertz CT molecular complexity index is 804. The van der Waals surface area contributed by atoms with Crippen molar-refractivity contribution in [3.63, 3.8) is 0 Å². The predicted molar refractivity (Wildman–Crippen MR) is 113 cm³/mol. The highest BCUT2D eigenvalue weighted by molar-refractivity contribution is 5.93.